The second-order valence-corrected chi connectivity index (χ2v) is 10.5. The minimum absolute atomic E-state index is 0.480. The Balaban J connectivity index is 1.29. The fourth-order valence-electron chi connectivity index (χ4n) is 7.64. The Kier molecular flexibility index (Phi) is 3.44. The first-order valence-electron chi connectivity index (χ1n) is 11.7. The summed E-state index contributed by atoms with van der Waals surface area (Å²) in [6, 6.07) is 22.6. The average molecular weight is 393 g/mol. The van der Waals surface area contributed by atoms with Crippen molar-refractivity contribution in [2.45, 2.75) is 50.9 Å². The zero-order chi connectivity index (χ0) is 19.9. The molecular formula is C29H28O. The fraction of sp³-hybridized carbons (Fsp3) is 0.379. The van der Waals surface area contributed by atoms with E-state index in [0.717, 1.165) is 28.9 Å². The monoisotopic (exact) mass is 392 g/mol. The van der Waals surface area contributed by atoms with Gasteiger partial charge in [-0.2, -0.15) is 0 Å². The number of hydrogen-bond donors (Lipinski definition) is 0. The van der Waals surface area contributed by atoms with Gasteiger partial charge in [0, 0.05) is 10.8 Å². The van der Waals surface area contributed by atoms with E-state index in [1.807, 2.05) is 6.07 Å². The third kappa shape index (κ3) is 2.41. The van der Waals surface area contributed by atoms with Crippen LogP contribution in [0.4, 0.5) is 0 Å². The van der Waals surface area contributed by atoms with Crippen LogP contribution >= 0.6 is 0 Å². The summed E-state index contributed by atoms with van der Waals surface area (Å²) in [4.78, 5) is 0. The van der Waals surface area contributed by atoms with Gasteiger partial charge in [-0.3, -0.25) is 0 Å². The lowest BCUT2D eigenvalue weighted by molar-refractivity contribution is -0.00518. The van der Waals surface area contributed by atoms with Crippen LogP contribution in [0.1, 0.15) is 49.7 Å². The molecule has 4 saturated carbocycles. The summed E-state index contributed by atoms with van der Waals surface area (Å²) >= 11 is 0. The molecule has 1 nitrogen and oxygen atoms in total. The molecule has 0 saturated heterocycles. The number of furan rings is 1. The lowest BCUT2D eigenvalue weighted by Crippen LogP contribution is -2.48. The Hall–Kier alpha value is -2.54. The highest BCUT2D eigenvalue weighted by Crippen LogP contribution is 2.60. The van der Waals surface area contributed by atoms with Gasteiger partial charge in [0.1, 0.15) is 11.2 Å². The first kappa shape index (κ1) is 17.2. The summed E-state index contributed by atoms with van der Waals surface area (Å²) in [5.74, 6) is 2.99. The van der Waals surface area contributed by atoms with E-state index in [0.29, 0.717) is 5.41 Å². The molecule has 0 amide bonds. The van der Waals surface area contributed by atoms with Crippen LogP contribution in [0.2, 0.25) is 0 Å². The third-order valence-electron chi connectivity index (χ3n) is 8.53. The Bertz CT molecular complexity index is 1240. The first-order valence-corrected chi connectivity index (χ1v) is 11.7. The number of aryl methyl sites for hydroxylation is 1. The lowest BCUT2D eigenvalue weighted by Gasteiger charge is -2.57. The third-order valence-corrected chi connectivity index (χ3v) is 8.53. The molecule has 4 fully saturated rings. The van der Waals surface area contributed by atoms with Crippen LogP contribution in [0.5, 0.6) is 0 Å². The molecule has 4 aromatic rings. The van der Waals surface area contributed by atoms with E-state index in [1.54, 1.807) is 5.56 Å². The van der Waals surface area contributed by atoms with Gasteiger partial charge in [-0.25, -0.2) is 0 Å². The first-order chi connectivity index (χ1) is 14.7. The number of rotatable bonds is 2. The largest absolute Gasteiger partial charge is 0.456 e. The molecule has 0 spiro atoms. The molecule has 4 aliphatic rings. The molecule has 4 bridgehead atoms. The van der Waals surface area contributed by atoms with Gasteiger partial charge in [0.2, 0.25) is 0 Å². The molecule has 0 N–H and O–H groups in total. The molecule has 4 aliphatic carbocycles. The van der Waals surface area contributed by atoms with Crippen molar-refractivity contribution in [3.8, 4) is 11.1 Å². The molecule has 1 aromatic heterocycles. The molecular weight excluding hydrogens is 364 g/mol. The quantitative estimate of drug-likeness (QED) is 0.336. The van der Waals surface area contributed by atoms with Gasteiger partial charge in [-0.1, -0.05) is 42.5 Å². The van der Waals surface area contributed by atoms with E-state index in [1.165, 1.54) is 66.0 Å². The van der Waals surface area contributed by atoms with Gasteiger partial charge in [0.25, 0.3) is 0 Å². The minimum Gasteiger partial charge on any atom is -0.456 e. The Morgan fingerprint density at radius 3 is 2.10 bits per heavy atom. The molecule has 0 atom stereocenters. The van der Waals surface area contributed by atoms with Gasteiger partial charge >= 0.3 is 0 Å². The van der Waals surface area contributed by atoms with Gasteiger partial charge < -0.3 is 4.42 Å². The average Bonchev–Trinajstić information content (AvgIpc) is 3.12. The van der Waals surface area contributed by atoms with E-state index in [2.05, 4.69) is 61.5 Å². The molecule has 0 unspecified atom stereocenters. The molecule has 150 valence electrons. The predicted molar refractivity (Wildman–Crippen MR) is 124 cm³/mol. The van der Waals surface area contributed by atoms with Crippen molar-refractivity contribution < 1.29 is 4.42 Å². The van der Waals surface area contributed by atoms with E-state index >= 15 is 0 Å². The summed E-state index contributed by atoms with van der Waals surface area (Å²) < 4.78 is 6.13. The highest BCUT2D eigenvalue weighted by Gasteiger charge is 2.51. The van der Waals surface area contributed by atoms with Crippen LogP contribution in [0.15, 0.2) is 65.1 Å². The Morgan fingerprint density at radius 1 is 0.733 bits per heavy atom. The molecule has 1 heterocycles. The number of fused-ring (bicyclic) bond motifs is 3. The highest BCUT2D eigenvalue weighted by molar-refractivity contribution is 6.07. The SMILES string of the molecule is Cc1cc(-c2ccc(C34CC5CC(CC(C5)C3)C4)cc2)cc2c1oc1ccccc12. The number of benzene rings is 3. The summed E-state index contributed by atoms with van der Waals surface area (Å²) in [7, 11) is 0. The zero-order valence-electron chi connectivity index (χ0n) is 17.7. The van der Waals surface area contributed by atoms with Crippen LogP contribution in [-0.2, 0) is 5.41 Å². The normalized spacial score (nSPS) is 29.8. The molecule has 1 heteroatoms. The summed E-state index contributed by atoms with van der Waals surface area (Å²) in [6.45, 7) is 2.16. The summed E-state index contributed by atoms with van der Waals surface area (Å²) in [5, 5.41) is 2.44. The van der Waals surface area contributed by atoms with E-state index in [-0.39, 0.29) is 0 Å². The van der Waals surface area contributed by atoms with Crippen molar-refractivity contribution in [2.75, 3.05) is 0 Å². The number of para-hydroxylation sites is 1. The van der Waals surface area contributed by atoms with Crippen LogP contribution in [0.25, 0.3) is 33.1 Å². The van der Waals surface area contributed by atoms with Gasteiger partial charge in [0.05, 0.1) is 0 Å². The van der Waals surface area contributed by atoms with E-state index in [9.17, 15) is 0 Å². The maximum absolute atomic E-state index is 6.13. The molecule has 0 aliphatic heterocycles. The van der Waals surface area contributed by atoms with Crippen molar-refractivity contribution in [2.24, 2.45) is 17.8 Å². The predicted octanol–water partition coefficient (Wildman–Crippen LogP) is 8.03. The van der Waals surface area contributed by atoms with E-state index < -0.39 is 0 Å². The van der Waals surface area contributed by atoms with E-state index in [4.69, 9.17) is 4.42 Å². The van der Waals surface area contributed by atoms with Gasteiger partial charge in [-0.15, -0.1) is 0 Å². The smallest absolute Gasteiger partial charge is 0.138 e. The van der Waals surface area contributed by atoms with Crippen LogP contribution in [0, 0.1) is 24.7 Å². The van der Waals surface area contributed by atoms with Crippen molar-refractivity contribution in [3.05, 3.63) is 71.8 Å². The van der Waals surface area contributed by atoms with Crippen LogP contribution in [0.3, 0.4) is 0 Å². The van der Waals surface area contributed by atoms with Gasteiger partial charge in [-0.05, 0) is 109 Å². The van der Waals surface area contributed by atoms with Gasteiger partial charge in [0.15, 0.2) is 0 Å². The molecule has 3 aromatic carbocycles. The standard InChI is InChI=1S/C29H28O/c1-18-10-23(14-26-25-4-2-3-5-27(25)30-28(18)26)22-6-8-24(9-7-22)29-15-19-11-20(16-29)13-21(12-19)17-29/h2-10,14,19-21H,11-13,15-17H2,1H3. The molecule has 30 heavy (non-hydrogen) atoms. The van der Waals surface area contributed by atoms with Crippen molar-refractivity contribution in [1.82, 2.24) is 0 Å². The highest BCUT2D eigenvalue weighted by atomic mass is 16.3. The summed E-state index contributed by atoms with van der Waals surface area (Å²) in [6.07, 6.45) is 8.83. The molecule has 0 radical (unpaired) electrons. The minimum atomic E-state index is 0.480. The molecule has 8 rings (SSSR count). The maximum Gasteiger partial charge on any atom is 0.138 e. The van der Waals surface area contributed by atoms with Crippen LogP contribution in [-0.4, -0.2) is 0 Å². The lowest BCUT2D eigenvalue weighted by atomic mass is 9.48. The van der Waals surface area contributed by atoms with Crippen molar-refractivity contribution >= 4 is 21.9 Å². The topological polar surface area (TPSA) is 13.1 Å². The van der Waals surface area contributed by atoms with Crippen LogP contribution < -0.4 is 0 Å². The van der Waals surface area contributed by atoms with Crippen molar-refractivity contribution in [3.63, 3.8) is 0 Å². The fourth-order valence-corrected chi connectivity index (χ4v) is 7.64. The Morgan fingerprint density at radius 2 is 1.40 bits per heavy atom. The maximum atomic E-state index is 6.13. The van der Waals surface area contributed by atoms with Crippen molar-refractivity contribution in [1.29, 1.82) is 0 Å². The number of hydrogen-bond acceptors (Lipinski definition) is 1. The zero-order valence-corrected chi connectivity index (χ0v) is 17.7. The second kappa shape index (κ2) is 6.00. The second-order valence-electron chi connectivity index (χ2n) is 10.5. The summed E-state index contributed by atoms with van der Waals surface area (Å²) in [5.41, 5.74) is 7.91. The Labute approximate surface area is 178 Å².